The maximum absolute atomic E-state index is 6.44. The Morgan fingerprint density at radius 2 is 1.86 bits per heavy atom. The number of nitrogens with two attached hydrogens (primary N) is 1. The molecule has 2 bridgehead atoms. The maximum atomic E-state index is 6.44. The van der Waals surface area contributed by atoms with Crippen LogP contribution in [0.3, 0.4) is 0 Å². The van der Waals surface area contributed by atoms with Crippen LogP contribution in [0.1, 0.15) is 50.7 Å². The molecule has 0 amide bonds. The van der Waals surface area contributed by atoms with E-state index in [9.17, 15) is 0 Å². The highest BCUT2D eigenvalue weighted by atomic mass is 16.7. The largest absolute Gasteiger partial charge is 0.480 e. The fourth-order valence-corrected chi connectivity index (χ4v) is 5.00. The first-order valence-corrected chi connectivity index (χ1v) is 8.48. The Hall–Kier alpha value is -0.835. The van der Waals surface area contributed by atoms with Crippen molar-refractivity contribution in [3.63, 3.8) is 0 Å². The fraction of sp³-hybridized carbons (Fsp3) is 0.667. The average molecular weight is 299 g/mol. The van der Waals surface area contributed by atoms with Gasteiger partial charge in [0.1, 0.15) is 0 Å². The summed E-state index contributed by atoms with van der Waals surface area (Å²) in [5.74, 6) is 1.14. The molecule has 3 nitrogen and oxygen atoms in total. The molecule has 5 rings (SSSR count). The Morgan fingerprint density at radius 3 is 2.50 bits per heavy atom. The fourth-order valence-electron chi connectivity index (χ4n) is 5.00. The molecule has 0 spiro atoms. The predicted molar refractivity (Wildman–Crippen MR) is 88.2 cm³/mol. The SMILES string of the molecule is Cc1ccc([C@H](N)B2O[C@@H]3C[C@@H]4C[C@@H](C4(C)C)[C@]3(C)O2)cc1. The van der Waals surface area contributed by atoms with Crippen molar-refractivity contribution in [2.45, 2.75) is 58.2 Å². The summed E-state index contributed by atoms with van der Waals surface area (Å²) < 4.78 is 12.7. The molecule has 1 aromatic carbocycles. The first-order chi connectivity index (χ1) is 10.3. The number of rotatable bonds is 2. The summed E-state index contributed by atoms with van der Waals surface area (Å²) in [6.07, 6.45) is 2.58. The van der Waals surface area contributed by atoms with Gasteiger partial charge in [0.05, 0.1) is 17.6 Å². The van der Waals surface area contributed by atoms with Gasteiger partial charge in [0.2, 0.25) is 0 Å². The monoisotopic (exact) mass is 299 g/mol. The van der Waals surface area contributed by atoms with E-state index < -0.39 is 0 Å². The van der Waals surface area contributed by atoms with E-state index in [4.69, 9.17) is 15.0 Å². The molecule has 1 saturated heterocycles. The molecule has 3 saturated carbocycles. The lowest BCUT2D eigenvalue weighted by Gasteiger charge is -2.64. The zero-order valence-electron chi connectivity index (χ0n) is 14.0. The topological polar surface area (TPSA) is 44.5 Å². The molecule has 22 heavy (non-hydrogen) atoms. The minimum atomic E-state index is -0.326. The minimum absolute atomic E-state index is 0.175. The molecule has 4 aliphatic rings. The quantitative estimate of drug-likeness (QED) is 0.852. The van der Waals surface area contributed by atoms with Crippen LogP contribution in [0.2, 0.25) is 0 Å². The lowest BCUT2D eigenvalue weighted by molar-refractivity contribution is -0.199. The summed E-state index contributed by atoms with van der Waals surface area (Å²) in [6.45, 7) is 9.08. The number of hydrogen-bond acceptors (Lipinski definition) is 3. The number of benzene rings is 1. The van der Waals surface area contributed by atoms with E-state index >= 15 is 0 Å². The summed E-state index contributed by atoms with van der Waals surface area (Å²) in [4.78, 5) is 0. The standard InChI is InChI=1S/C18H26BNO2/c1-11-5-7-12(8-6-11)16(20)19-21-15-10-13-9-14(17(13,2)3)18(15,4)22-19/h5-8,13-16H,9-10,20H2,1-4H3/t13-,14-,15+,16-,18-/m0/s1. The normalized spacial score (nSPS) is 40.0. The zero-order valence-corrected chi connectivity index (χ0v) is 14.0. The van der Waals surface area contributed by atoms with Gasteiger partial charge in [-0.1, -0.05) is 43.7 Å². The molecular formula is C18H26BNO2. The molecule has 3 aliphatic carbocycles. The van der Waals surface area contributed by atoms with Crippen molar-refractivity contribution in [3.8, 4) is 0 Å². The van der Waals surface area contributed by atoms with Crippen molar-refractivity contribution in [2.75, 3.05) is 0 Å². The Bertz CT molecular complexity index is 587. The highest BCUT2D eigenvalue weighted by Gasteiger charge is 2.68. The lowest BCUT2D eigenvalue weighted by Crippen LogP contribution is -2.65. The molecule has 0 aromatic heterocycles. The average Bonchev–Trinajstić information content (AvgIpc) is 2.84. The van der Waals surface area contributed by atoms with Crippen molar-refractivity contribution >= 4 is 7.12 Å². The summed E-state index contributed by atoms with van der Waals surface area (Å²) >= 11 is 0. The van der Waals surface area contributed by atoms with Crippen LogP contribution in [0.5, 0.6) is 0 Å². The van der Waals surface area contributed by atoms with Crippen LogP contribution in [0.15, 0.2) is 24.3 Å². The van der Waals surface area contributed by atoms with E-state index in [0.29, 0.717) is 11.3 Å². The summed E-state index contributed by atoms with van der Waals surface area (Å²) in [5.41, 5.74) is 8.97. The van der Waals surface area contributed by atoms with Gasteiger partial charge in [-0.25, -0.2) is 0 Å². The van der Waals surface area contributed by atoms with Crippen LogP contribution in [-0.4, -0.2) is 18.8 Å². The predicted octanol–water partition coefficient (Wildman–Crippen LogP) is 3.26. The highest BCUT2D eigenvalue weighted by molar-refractivity contribution is 6.47. The first-order valence-electron chi connectivity index (χ1n) is 8.48. The smallest absolute Gasteiger partial charge is 0.404 e. The molecule has 2 N–H and O–H groups in total. The molecular weight excluding hydrogens is 273 g/mol. The summed E-state index contributed by atoms with van der Waals surface area (Å²) in [5, 5.41) is 0. The molecule has 0 radical (unpaired) electrons. The van der Waals surface area contributed by atoms with E-state index in [0.717, 1.165) is 17.9 Å². The molecule has 1 aromatic rings. The van der Waals surface area contributed by atoms with Crippen LogP contribution in [0.25, 0.3) is 0 Å². The molecule has 4 fully saturated rings. The Balaban J connectivity index is 1.56. The second-order valence-corrected chi connectivity index (χ2v) is 8.27. The van der Waals surface area contributed by atoms with Crippen molar-refractivity contribution in [1.29, 1.82) is 0 Å². The van der Waals surface area contributed by atoms with Gasteiger partial charge in [-0.05, 0) is 49.5 Å². The van der Waals surface area contributed by atoms with Gasteiger partial charge in [-0.3, -0.25) is 0 Å². The van der Waals surface area contributed by atoms with Crippen molar-refractivity contribution in [3.05, 3.63) is 35.4 Å². The van der Waals surface area contributed by atoms with Crippen molar-refractivity contribution in [2.24, 2.45) is 23.0 Å². The van der Waals surface area contributed by atoms with Crippen LogP contribution in [0.4, 0.5) is 0 Å². The molecule has 1 heterocycles. The Morgan fingerprint density at radius 1 is 1.18 bits per heavy atom. The summed E-state index contributed by atoms with van der Waals surface area (Å²) in [6, 6.07) is 8.36. The molecule has 5 atom stereocenters. The molecule has 4 heteroatoms. The van der Waals surface area contributed by atoms with Gasteiger partial charge in [0.15, 0.2) is 0 Å². The maximum Gasteiger partial charge on any atom is 0.480 e. The number of aryl methyl sites for hydroxylation is 1. The van der Waals surface area contributed by atoms with Gasteiger partial charge in [-0.15, -0.1) is 0 Å². The van der Waals surface area contributed by atoms with Crippen molar-refractivity contribution < 1.29 is 9.31 Å². The van der Waals surface area contributed by atoms with E-state index in [-0.39, 0.29) is 24.8 Å². The minimum Gasteiger partial charge on any atom is -0.404 e. The molecule has 0 unspecified atom stereocenters. The van der Waals surface area contributed by atoms with Crippen LogP contribution in [0, 0.1) is 24.2 Å². The van der Waals surface area contributed by atoms with Gasteiger partial charge in [0.25, 0.3) is 0 Å². The van der Waals surface area contributed by atoms with E-state index in [1.807, 2.05) is 0 Å². The van der Waals surface area contributed by atoms with E-state index in [1.54, 1.807) is 0 Å². The van der Waals surface area contributed by atoms with Gasteiger partial charge >= 0.3 is 7.12 Å². The van der Waals surface area contributed by atoms with Crippen LogP contribution < -0.4 is 5.73 Å². The third-order valence-electron chi connectivity index (χ3n) is 6.72. The van der Waals surface area contributed by atoms with Gasteiger partial charge < -0.3 is 15.0 Å². The first kappa shape index (κ1) is 14.7. The van der Waals surface area contributed by atoms with Gasteiger partial charge in [0, 0.05) is 0 Å². The second kappa shape index (κ2) is 4.59. The highest BCUT2D eigenvalue weighted by Crippen LogP contribution is 2.65. The second-order valence-electron chi connectivity index (χ2n) is 8.27. The molecule has 118 valence electrons. The Kier molecular flexibility index (Phi) is 3.08. The lowest BCUT2D eigenvalue weighted by atomic mass is 9.43. The number of hydrogen-bond donors (Lipinski definition) is 1. The third kappa shape index (κ3) is 1.87. The van der Waals surface area contributed by atoms with Crippen molar-refractivity contribution in [1.82, 2.24) is 0 Å². The van der Waals surface area contributed by atoms with Crippen LogP contribution in [-0.2, 0) is 9.31 Å². The van der Waals surface area contributed by atoms with E-state index in [1.165, 1.54) is 12.0 Å². The molecule has 1 aliphatic heterocycles. The zero-order chi connectivity index (χ0) is 15.7. The Labute approximate surface area is 133 Å². The summed E-state index contributed by atoms with van der Waals surface area (Å²) in [7, 11) is -0.326. The van der Waals surface area contributed by atoms with Crippen LogP contribution >= 0.6 is 0 Å². The third-order valence-corrected chi connectivity index (χ3v) is 6.72. The van der Waals surface area contributed by atoms with E-state index in [2.05, 4.69) is 52.0 Å². The van der Waals surface area contributed by atoms with Gasteiger partial charge in [-0.2, -0.15) is 0 Å².